The summed E-state index contributed by atoms with van der Waals surface area (Å²) < 4.78 is 21.7. The Morgan fingerprint density at radius 3 is 2.50 bits per heavy atom. The van der Waals surface area contributed by atoms with Crippen LogP contribution in [-0.4, -0.2) is 59.6 Å². The number of ether oxygens (including phenoxy) is 4. The summed E-state index contributed by atoms with van der Waals surface area (Å²) in [5.74, 6) is -4.88. The normalized spacial score (nSPS) is 24.5. The minimum atomic E-state index is -1.37. The first kappa shape index (κ1) is 27.1. The van der Waals surface area contributed by atoms with Gasteiger partial charge in [-0.05, 0) is 44.7 Å². The maximum absolute atomic E-state index is 13.1. The van der Waals surface area contributed by atoms with E-state index in [9.17, 15) is 24.0 Å². The van der Waals surface area contributed by atoms with Crippen molar-refractivity contribution in [3.8, 4) is 5.75 Å². The summed E-state index contributed by atoms with van der Waals surface area (Å²) in [5.41, 5.74) is 0.327. The Balaban J connectivity index is 1.80. The minimum Gasteiger partial charge on any atom is -0.463 e. The van der Waals surface area contributed by atoms with Crippen LogP contribution in [0.3, 0.4) is 0 Å². The fourth-order valence-electron chi connectivity index (χ4n) is 3.65. The molecule has 0 spiro atoms. The highest BCUT2D eigenvalue weighted by molar-refractivity contribution is 5.98. The van der Waals surface area contributed by atoms with Crippen molar-refractivity contribution >= 4 is 29.8 Å². The number of cyclic esters (lactones) is 2. The zero-order valence-electron chi connectivity index (χ0n) is 21.1. The van der Waals surface area contributed by atoms with Gasteiger partial charge in [-0.15, -0.1) is 0 Å². The highest BCUT2D eigenvalue weighted by Crippen LogP contribution is 2.32. The van der Waals surface area contributed by atoms with E-state index >= 15 is 0 Å². The molecule has 1 aliphatic heterocycles. The average molecular weight is 505 g/mol. The number of carbonyl (C=O) groups excluding carboxylic acids is 5. The van der Waals surface area contributed by atoms with Gasteiger partial charge in [-0.2, -0.15) is 0 Å². The van der Waals surface area contributed by atoms with Crippen LogP contribution in [0, 0.1) is 24.7 Å². The summed E-state index contributed by atoms with van der Waals surface area (Å²) in [6.07, 6.45) is 1.07. The van der Waals surface area contributed by atoms with Crippen LogP contribution in [0.2, 0.25) is 0 Å². The van der Waals surface area contributed by atoms with Crippen LogP contribution in [0.1, 0.15) is 63.0 Å². The fourth-order valence-corrected chi connectivity index (χ4v) is 3.65. The lowest BCUT2D eigenvalue weighted by atomic mass is 9.95. The molecule has 1 amide bonds. The number of nitrogens with zero attached hydrogens (tertiary/aromatic N) is 1. The summed E-state index contributed by atoms with van der Waals surface area (Å²) in [6.45, 7) is 7.69. The molecule has 1 aromatic rings. The monoisotopic (exact) mass is 504 g/mol. The molecule has 2 heterocycles. The fraction of sp³-hybridized carbons (Fsp3) is 0.600. The Morgan fingerprint density at radius 1 is 1.19 bits per heavy atom. The number of nitrogens with one attached hydrogen (secondary N) is 1. The van der Waals surface area contributed by atoms with E-state index in [1.165, 1.54) is 13.1 Å². The molecule has 1 saturated heterocycles. The Labute approximate surface area is 209 Å². The van der Waals surface area contributed by atoms with Gasteiger partial charge in [0.1, 0.15) is 12.7 Å². The molecule has 1 aromatic heterocycles. The van der Waals surface area contributed by atoms with Crippen LogP contribution >= 0.6 is 0 Å². The summed E-state index contributed by atoms with van der Waals surface area (Å²) in [6, 6.07) is 0.225. The molecule has 1 N–H and O–H groups in total. The maximum Gasteiger partial charge on any atom is 0.332 e. The van der Waals surface area contributed by atoms with Crippen LogP contribution in [0.5, 0.6) is 5.75 Å². The molecular formula is C25H32N2O9. The first-order chi connectivity index (χ1) is 17.0. The van der Waals surface area contributed by atoms with Gasteiger partial charge in [0.15, 0.2) is 23.6 Å². The van der Waals surface area contributed by atoms with Gasteiger partial charge in [0.05, 0.1) is 17.8 Å². The number of amides is 1. The van der Waals surface area contributed by atoms with Crippen molar-refractivity contribution in [1.82, 2.24) is 10.3 Å². The molecule has 4 unspecified atom stereocenters. The molecule has 0 radical (unpaired) electrons. The van der Waals surface area contributed by atoms with Gasteiger partial charge in [0, 0.05) is 6.20 Å². The van der Waals surface area contributed by atoms with Crippen molar-refractivity contribution in [2.24, 2.45) is 17.8 Å². The van der Waals surface area contributed by atoms with Crippen molar-refractivity contribution in [1.29, 1.82) is 0 Å². The second-order valence-electron chi connectivity index (χ2n) is 9.37. The molecule has 2 fully saturated rings. The van der Waals surface area contributed by atoms with Crippen LogP contribution in [0.25, 0.3) is 0 Å². The maximum atomic E-state index is 13.1. The SMILES string of the molecule is CCC1C(=O)OCC(NC(=O)c2nccc(C)c2OC(=O)C2CC2)C(=O)OC(C)C1OC(=O)C(C)C. The lowest BCUT2D eigenvalue weighted by Gasteiger charge is -2.29. The Morgan fingerprint density at radius 2 is 1.89 bits per heavy atom. The van der Waals surface area contributed by atoms with Crippen molar-refractivity contribution < 1.29 is 42.9 Å². The first-order valence-corrected chi connectivity index (χ1v) is 12.1. The molecule has 0 bridgehead atoms. The molecule has 1 aliphatic carbocycles. The molecule has 11 heteroatoms. The quantitative estimate of drug-likeness (QED) is 0.431. The molecule has 0 aromatic carbocycles. The lowest BCUT2D eigenvalue weighted by molar-refractivity contribution is -0.176. The summed E-state index contributed by atoms with van der Waals surface area (Å²) >= 11 is 0. The number of carbonyl (C=O) groups is 5. The topological polar surface area (TPSA) is 147 Å². The third-order valence-corrected chi connectivity index (χ3v) is 6.04. The number of aryl methyl sites for hydroxylation is 1. The van der Waals surface area contributed by atoms with Crippen LogP contribution in [-0.2, 0) is 33.4 Å². The Kier molecular flexibility index (Phi) is 8.65. The van der Waals surface area contributed by atoms with Gasteiger partial charge < -0.3 is 24.3 Å². The number of hydrogen-bond donors (Lipinski definition) is 1. The van der Waals surface area contributed by atoms with Crippen LogP contribution in [0.4, 0.5) is 0 Å². The Hall–Kier alpha value is -3.50. The largest absolute Gasteiger partial charge is 0.463 e. The van der Waals surface area contributed by atoms with Gasteiger partial charge >= 0.3 is 23.9 Å². The second kappa shape index (κ2) is 11.5. The Bertz CT molecular complexity index is 1030. The predicted molar refractivity (Wildman–Crippen MR) is 124 cm³/mol. The van der Waals surface area contributed by atoms with Crippen molar-refractivity contribution in [2.75, 3.05) is 6.61 Å². The third-order valence-electron chi connectivity index (χ3n) is 6.04. The van der Waals surface area contributed by atoms with E-state index in [1.54, 1.807) is 33.8 Å². The molecule has 2 aliphatic rings. The van der Waals surface area contributed by atoms with Gasteiger partial charge in [-0.1, -0.05) is 20.8 Å². The second-order valence-corrected chi connectivity index (χ2v) is 9.37. The van der Waals surface area contributed by atoms with Crippen molar-refractivity contribution in [2.45, 2.75) is 72.1 Å². The highest BCUT2D eigenvalue weighted by atomic mass is 16.6. The molecular weight excluding hydrogens is 472 g/mol. The third kappa shape index (κ3) is 6.38. The average Bonchev–Trinajstić information content (AvgIpc) is 3.67. The molecule has 196 valence electrons. The summed E-state index contributed by atoms with van der Waals surface area (Å²) in [7, 11) is 0. The minimum absolute atomic E-state index is 0.000375. The van der Waals surface area contributed by atoms with Gasteiger partial charge in [-0.25, -0.2) is 9.78 Å². The van der Waals surface area contributed by atoms with Crippen LogP contribution < -0.4 is 10.1 Å². The van der Waals surface area contributed by atoms with E-state index in [1.807, 2.05) is 0 Å². The summed E-state index contributed by atoms with van der Waals surface area (Å²) in [4.78, 5) is 67.2. The van der Waals surface area contributed by atoms with Gasteiger partial charge in [0.2, 0.25) is 0 Å². The number of aromatic nitrogens is 1. The zero-order chi connectivity index (χ0) is 26.6. The van der Waals surface area contributed by atoms with E-state index in [0.717, 1.165) is 12.8 Å². The number of esters is 4. The van der Waals surface area contributed by atoms with E-state index < -0.39 is 66.5 Å². The van der Waals surface area contributed by atoms with E-state index in [4.69, 9.17) is 18.9 Å². The number of rotatable bonds is 7. The van der Waals surface area contributed by atoms with Crippen LogP contribution in [0.15, 0.2) is 12.3 Å². The molecule has 4 atom stereocenters. The standard InChI is InChI=1S/C25H32N2O9/c1-6-16-20(36-22(29)12(2)3)14(5)34-25(32)17(11-33-24(16)31)27-21(28)18-19(13(4)9-10-26-18)35-23(30)15-7-8-15/h9-10,12,14-17,20H,6-8,11H2,1-5H3,(H,27,28). The van der Waals surface area contributed by atoms with Gasteiger partial charge in [-0.3, -0.25) is 19.2 Å². The molecule has 36 heavy (non-hydrogen) atoms. The highest BCUT2D eigenvalue weighted by Gasteiger charge is 2.41. The summed E-state index contributed by atoms with van der Waals surface area (Å²) in [5, 5.41) is 2.46. The molecule has 1 saturated carbocycles. The van der Waals surface area contributed by atoms with E-state index in [0.29, 0.717) is 5.56 Å². The number of hydrogen-bond acceptors (Lipinski definition) is 10. The smallest absolute Gasteiger partial charge is 0.332 e. The number of pyridine rings is 1. The van der Waals surface area contributed by atoms with Gasteiger partial charge in [0.25, 0.3) is 5.91 Å². The molecule has 11 nitrogen and oxygen atoms in total. The van der Waals surface area contributed by atoms with E-state index in [-0.39, 0.29) is 23.8 Å². The van der Waals surface area contributed by atoms with Crippen molar-refractivity contribution in [3.63, 3.8) is 0 Å². The molecule has 3 rings (SSSR count). The van der Waals surface area contributed by atoms with Crippen molar-refractivity contribution in [3.05, 3.63) is 23.5 Å². The first-order valence-electron chi connectivity index (χ1n) is 12.1. The van der Waals surface area contributed by atoms with E-state index in [2.05, 4.69) is 10.3 Å². The predicted octanol–water partition coefficient (Wildman–Crippen LogP) is 1.89. The lowest BCUT2D eigenvalue weighted by Crippen LogP contribution is -2.47. The zero-order valence-corrected chi connectivity index (χ0v) is 21.1.